The molecular weight excluding hydrogens is 192 g/mol. The molecule has 16 heavy (non-hydrogen) atoms. The Labute approximate surface area is 102 Å². The van der Waals surface area contributed by atoms with Crippen LogP contribution in [0.2, 0.25) is 0 Å². The molecule has 1 unspecified atom stereocenters. The minimum Gasteiger partial charge on any atom is -0.103 e. The average molecular weight is 220 g/mol. The van der Waals surface area contributed by atoms with E-state index in [4.69, 9.17) is 0 Å². The van der Waals surface area contributed by atoms with Crippen LogP contribution in [0.15, 0.2) is 24.8 Å². The van der Waals surface area contributed by atoms with Crippen molar-refractivity contribution in [1.82, 2.24) is 0 Å². The fraction of sp³-hybridized carbons (Fsp3) is 0.750. The zero-order valence-corrected chi connectivity index (χ0v) is 11.6. The molecule has 0 nitrogen and oxygen atoms in total. The molecule has 0 saturated carbocycles. The second kappa shape index (κ2) is 5.21. The predicted octanol–water partition coefficient (Wildman–Crippen LogP) is 5.36. The minimum absolute atomic E-state index is 0.422. The molecule has 92 valence electrons. The van der Waals surface area contributed by atoms with Gasteiger partial charge in [0, 0.05) is 0 Å². The molecule has 0 bridgehead atoms. The first kappa shape index (κ1) is 13.5. The maximum absolute atomic E-state index is 3.83. The van der Waals surface area contributed by atoms with Gasteiger partial charge in [-0.15, -0.1) is 6.58 Å². The van der Waals surface area contributed by atoms with Crippen LogP contribution in [0.4, 0.5) is 0 Å². The van der Waals surface area contributed by atoms with E-state index in [1.807, 2.05) is 6.08 Å². The summed E-state index contributed by atoms with van der Waals surface area (Å²) < 4.78 is 0. The van der Waals surface area contributed by atoms with Crippen LogP contribution in [0.25, 0.3) is 0 Å². The van der Waals surface area contributed by atoms with Crippen molar-refractivity contribution in [3.8, 4) is 0 Å². The van der Waals surface area contributed by atoms with Crippen LogP contribution in [0.1, 0.15) is 59.8 Å². The van der Waals surface area contributed by atoms with Crippen LogP contribution in [0.3, 0.4) is 0 Å². The third-order valence-corrected chi connectivity index (χ3v) is 4.17. The van der Waals surface area contributed by atoms with E-state index in [0.29, 0.717) is 10.8 Å². The van der Waals surface area contributed by atoms with Crippen molar-refractivity contribution in [2.24, 2.45) is 16.7 Å². The molecule has 1 rings (SSSR count). The highest BCUT2D eigenvalue weighted by molar-refractivity contribution is 5.01. The Morgan fingerprint density at radius 3 is 2.75 bits per heavy atom. The lowest BCUT2D eigenvalue weighted by atomic mass is 9.72. The lowest BCUT2D eigenvalue weighted by molar-refractivity contribution is 0.206. The largest absolute Gasteiger partial charge is 0.103 e. The molecule has 1 atom stereocenters. The molecule has 0 N–H and O–H groups in total. The van der Waals surface area contributed by atoms with E-state index in [0.717, 1.165) is 12.3 Å². The molecule has 0 aromatic carbocycles. The summed E-state index contributed by atoms with van der Waals surface area (Å²) >= 11 is 0. The smallest absolute Gasteiger partial charge is 0.0182 e. The monoisotopic (exact) mass is 220 g/mol. The maximum Gasteiger partial charge on any atom is -0.0182 e. The second-order valence-corrected chi connectivity index (χ2v) is 6.76. The highest BCUT2D eigenvalue weighted by Crippen LogP contribution is 2.41. The highest BCUT2D eigenvalue weighted by atomic mass is 14.4. The molecule has 1 aliphatic carbocycles. The van der Waals surface area contributed by atoms with Gasteiger partial charge in [0.15, 0.2) is 0 Å². The lowest BCUT2D eigenvalue weighted by Gasteiger charge is -2.33. The first-order valence-electron chi connectivity index (χ1n) is 6.65. The van der Waals surface area contributed by atoms with E-state index in [9.17, 15) is 0 Å². The Morgan fingerprint density at radius 2 is 2.12 bits per heavy atom. The average Bonchev–Trinajstić information content (AvgIpc) is 2.36. The Morgan fingerprint density at radius 1 is 1.44 bits per heavy atom. The summed E-state index contributed by atoms with van der Waals surface area (Å²) in [6, 6.07) is 0. The standard InChI is InChI=1S/C16H28/c1-6-7-12-16(4,5)14-9-8-11-15(2,3)13-10-14/h6,8-9,14H,1,7,10-13H2,2-5H3. The van der Waals surface area contributed by atoms with Gasteiger partial charge in [0.1, 0.15) is 0 Å². The Balaban J connectivity index is 2.63. The second-order valence-electron chi connectivity index (χ2n) is 6.76. The van der Waals surface area contributed by atoms with Crippen molar-refractivity contribution in [3.63, 3.8) is 0 Å². The number of hydrogen-bond acceptors (Lipinski definition) is 0. The van der Waals surface area contributed by atoms with Gasteiger partial charge < -0.3 is 0 Å². The van der Waals surface area contributed by atoms with Gasteiger partial charge in [-0.2, -0.15) is 0 Å². The van der Waals surface area contributed by atoms with E-state index >= 15 is 0 Å². The van der Waals surface area contributed by atoms with E-state index in [2.05, 4.69) is 46.4 Å². The van der Waals surface area contributed by atoms with Crippen molar-refractivity contribution in [2.75, 3.05) is 0 Å². The summed E-state index contributed by atoms with van der Waals surface area (Å²) in [5, 5.41) is 0. The van der Waals surface area contributed by atoms with Crippen molar-refractivity contribution in [3.05, 3.63) is 24.8 Å². The zero-order valence-electron chi connectivity index (χ0n) is 11.6. The molecular formula is C16H28. The number of allylic oxidation sites excluding steroid dienone is 3. The van der Waals surface area contributed by atoms with Crippen LogP contribution in [-0.2, 0) is 0 Å². The van der Waals surface area contributed by atoms with E-state index in [1.54, 1.807) is 0 Å². The molecule has 0 aliphatic heterocycles. The van der Waals surface area contributed by atoms with Gasteiger partial charge in [-0.1, -0.05) is 45.9 Å². The predicted molar refractivity (Wildman–Crippen MR) is 73.5 cm³/mol. The summed E-state index contributed by atoms with van der Waals surface area (Å²) in [7, 11) is 0. The fourth-order valence-corrected chi connectivity index (χ4v) is 2.61. The SMILES string of the molecule is C=CCCC(C)(C)C1C=CCC(C)(C)CC1. The molecule has 0 radical (unpaired) electrons. The van der Waals surface area contributed by atoms with E-state index in [1.165, 1.54) is 25.7 Å². The topological polar surface area (TPSA) is 0 Å². The number of rotatable bonds is 4. The third kappa shape index (κ3) is 3.81. The number of hydrogen-bond donors (Lipinski definition) is 0. The van der Waals surface area contributed by atoms with Crippen molar-refractivity contribution in [1.29, 1.82) is 0 Å². The summed E-state index contributed by atoms with van der Waals surface area (Å²) in [5.41, 5.74) is 0.922. The Bertz CT molecular complexity index is 255. The highest BCUT2D eigenvalue weighted by Gasteiger charge is 2.30. The van der Waals surface area contributed by atoms with Crippen LogP contribution >= 0.6 is 0 Å². The molecule has 0 heterocycles. The van der Waals surface area contributed by atoms with Crippen LogP contribution in [0, 0.1) is 16.7 Å². The van der Waals surface area contributed by atoms with Crippen molar-refractivity contribution in [2.45, 2.75) is 59.8 Å². The van der Waals surface area contributed by atoms with Crippen LogP contribution in [0.5, 0.6) is 0 Å². The Hall–Kier alpha value is -0.520. The quantitative estimate of drug-likeness (QED) is 0.559. The summed E-state index contributed by atoms with van der Waals surface area (Å²) in [4.78, 5) is 0. The van der Waals surface area contributed by atoms with Gasteiger partial charge >= 0.3 is 0 Å². The summed E-state index contributed by atoms with van der Waals surface area (Å²) in [6.45, 7) is 13.4. The van der Waals surface area contributed by atoms with Crippen molar-refractivity contribution < 1.29 is 0 Å². The summed E-state index contributed by atoms with van der Waals surface area (Å²) in [5.74, 6) is 0.745. The molecule has 0 fully saturated rings. The molecule has 0 amide bonds. The normalized spacial score (nSPS) is 25.1. The van der Waals surface area contributed by atoms with Gasteiger partial charge in [-0.3, -0.25) is 0 Å². The van der Waals surface area contributed by atoms with Gasteiger partial charge in [-0.25, -0.2) is 0 Å². The van der Waals surface area contributed by atoms with Gasteiger partial charge in [0.2, 0.25) is 0 Å². The first-order valence-corrected chi connectivity index (χ1v) is 6.65. The van der Waals surface area contributed by atoms with E-state index in [-0.39, 0.29) is 0 Å². The molecule has 1 aliphatic rings. The van der Waals surface area contributed by atoms with Crippen molar-refractivity contribution >= 4 is 0 Å². The molecule has 0 saturated heterocycles. The maximum atomic E-state index is 3.83. The zero-order chi connectivity index (χ0) is 12.2. The first-order chi connectivity index (χ1) is 7.37. The fourth-order valence-electron chi connectivity index (χ4n) is 2.61. The molecule has 0 aromatic heterocycles. The molecule has 0 heteroatoms. The van der Waals surface area contributed by atoms with E-state index < -0.39 is 0 Å². The minimum atomic E-state index is 0.422. The molecule has 0 spiro atoms. The van der Waals surface area contributed by atoms with Gasteiger partial charge in [0.05, 0.1) is 0 Å². The third-order valence-electron chi connectivity index (χ3n) is 4.17. The Kier molecular flexibility index (Phi) is 4.41. The van der Waals surface area contributed by atoms with Crippen LogP contribution in [-0.4, -0.2) is 0 Å². The summed E-state index contributed by atoms with van der Waals surface area (Å²) in [6.07, 6.45) is 13.3. The van der Waals surface area contributed by atoms with Gasteiger partial charge in [0.25, 0.3) is 0 Å². The van der Waals surface area contributed by atoms with Crippen LogP contribution < -0.4 is 0 Å². The molecule has 0 aromatic rings. The lowest BCUT2D eigenvalue weighted by Crippen LogP contribution is -2.23. The van der Waals surface area contributed by atoms with Gasteiger partial charge in [-0.05, 0) is 48.9 Å².